The Morgan fingerprint density at radius 2 is 0.446 bits per heavy atom. The van der Waals surface area contributed by atoms with Crippen molar-refractivity contribution in [3.05, 3.63) is 0 Å². The molecule has 0 rings (SSSR count). The molecule has 0 aliphatic heterocycles. The van der Waals surface area contributed by atoms with E-state index in [2.05, 4.69) is 84.6 Å². The molecule has 0 aliphatic carbocycles. The number of carbonyl (C=O) groups excluding carboxylic acids is 8. The smallest absolute Gasteiger partial charge is 0.302 e. The molecule has 0 spiro atoms. The van der Waals surface area contributed by atoms with Gasteiger partial charge in [-0.2, -0.15) is 0 Å². The standard InChI is InChI=1S/4C7H16NO2.2C4H6O4/c4*1-7(9)10-6-5-8(2,3)4;2*5-3(6)1-2-4(7)8/h4*5-6H2,1-4H3;2*1-2H2,(H,5,6)(H,7,8)/q4*+1;;/p-4. The highest BCUT2D eigenvalue weighted by Crippen LogP contribution is 1.91. The zero-order valence-corrected chi connectivity index (χ0v) is 36.8. The maximum absolute atomic E-state index is 10.3. The highest BCUT2D eigenvalue weighted by molar-refractivity contribution is 5.73. The number of carbonyl (C=O) groups is 8. The van der Waals surface area contributed by atoms with Gasteiger partial charge in [-0.25, -0.2) is 0 Å². The van der Waals surface area contributed by atoms with Crippen molar-refractivity contribution in [3.63, 3.8) is 0 Å². The lowest BCUT2D eigenvalue weighted by atomic mass is 10.3. The lowest BCUT2D eigenvalue weighted by Crippen LogP contribution is -2.37. The van der Waals surface area contributed by atoms with Gasteiger partial charge in [0.15, 0.2) is 0 Å². The first kappa shape index (κ1) is 63.5. The number of hydrogen-bond donors (Lipinski definition) is 0. The number of carboxylic acid groups (broad SMARTS) is 4. The minimum absolute atomic E-state index is 0.201. The molecule has 0 aromatic carbocycles. The highest BCUT2D eigenvalue weighted by atomic mass is 16.5. The third-order valence-electron chi connectivity index (χ3n) is 5.34. The summed E-state index contributed by atoms with van der Waals surface area (Å²) in [5.41, 5.74) is 0. The summed E-state index contributed by atoms with van der Waals surface area (Å²) in [5.74, 6) is -6.27. The average Bonchev–Trinajstić information content (AvgIpc) is 2.93. The number of esters is 4. The Morgan fingerprint density at radius 1 is 0.321 bits per heavy atom. The summed E-state index contributed by atoms with van der Waals surface area (Å²) in [6, 6.07) is 0. The van der Waals surface area contributed by atoms with Crippen LogP contribution in [0.2, 0.25) is 0 Å². The van der Waals surface area contributed by atoms with Gasteiger partial charge in [0.1, 0.15) is 52.6 Å². The molecule has 0 aliphatic rings. The third kappa shape index (κ3) is 104. The molecule has 0 aromatic heterocycles. The Bertz CT molecular complexity index is 958. The summed E-state index contributed by atoms with van der Waals surface area (Å²) in [6.45, 7) is 11.2. The minimum atomic E-state index is -1.37. The summed E-state index contributed by atoms with van der Waals surface area (Å²) >= 11 is 0. The monoisotopic (exact) mass is 816 g/mol. The first-order valence-corrected chi connectivity index (χ1v) is 17.5. The van der Waals surface area contributed by atoms with E-state index in [1.54, 1.807) is 0 Å². The maximum atomic E-state index is 10.3. The van der Waals surface area contributed by atoms with E-state index in [-0.39, 0.29) is 23.9 Å². The fourth-order valence-corrected chi connectivity index (χ4v) is 2.26. The van der Waals surface area contributed by atoms with Crippen LogP contribution in [0, 0.1) is 0 Å². The lowest BCUT2D eigenvalue weighted by Gasteiger charge is -2.23. The van der Waals surface area contributed by atoms with Crippen molar-refractivity contribution in [2.75, 3.05) is 137 Å². The normalized spacial score (nSPS) is 10.4. The molecule has 56 heavy (non-hydrogen) atoms. The number of hydrogen-bond acceptors (Lipinski definition) is 16. The van der Waals surface area contributed by atoms with Gasteiger partial charge in [-0.3, -0.25) is 19.2 Å². The van der Waals surface area contributed by atoms with Crippen molar-refractivity contribution < 1.29 is 95.7 Å². The Morgan fingerprint density at radius 3 is 0.518 bits per heavy atom. The molecule has 20 nitrogen and oxygen atoms in total. The fourth-order valence-electron chi connectivity index (χ4n) is 2.26. The fraction of sp³-hybridized carbons (Fsp3) is 0.778. The summed E-state index contributed by atoms with van der Waals surface area (Å²) in [5, 5.41) is 38.0. The number of quaternary nitrogens is 4. The second-order valence-electron chi connectivity index (χ2n) is 15.9. The van der Waals surface area contributed by atoms with E-state index in [9.17, 15) is 58.8 Å². The molecule has 0 fully saturated rings. The quantitative estimate of drug-likeness (QED) is 0.0718. The van der Waals surface area contributed by atoms with Crippen LogP contribution in [0.1, 0.15) is 53.4 Å². The van der Waals surface area contributed by atoms with Crippen LogP contribution in [0.15, 0.2) is 0 Å². The molecule has 0 heterocycles. The summed E-state index contributed by atoms with van der Waals surface area (Å²) in [6.07, 6.45) is -1.88. The van der Waals surface area contributed by atoms with Gasteiger partial charge in [0.05, 0.1) is 84.6 Å². The third-order valence-corrected chi connectivity index (χ3v) is 5.34. The number of nitrogens with zero attached hydrogens (tertiary/aromatic N) is 4. The first-order chi connectivity index (χ1) is 24.9. The van der Waals surface area contributed by atoms with Crippen LogP contribution < -0.4 is 20.4 Å². The van der Waals surface area contributed by atoms with Gasteiger partial charge in [0.2, 0.25) is 0 Å². The molecular formula is C36H72N4O16. The lowest BCUT2D eigenvalue weighted by molar-refractivity contribution is -0.870. The van der Waals surface area contributed by atoms with Gasteiger partial charge in [-0.15, -0.1) is 0 Å². The summed E-state index contributed by atoms with van der Waals surface area (Å²) < 4.78 is 22.4. The zero-order chi connectivity index (χ0) is 45.9. The molecule has 0 N–H and O–H groups in total. The molecule has 332 valence electrons. The van der Waals surface area contributed by atoms with Crippen molar-refractivity contribution in [1.82, 2.24) is 0 Å². The second-order valence-corrected chi connectivity index (χ2v) is 15.9. The topological polar surface area (TPSA) is 266 Å². The number of rotatable bonds is 18. The van der Waals surface area contributed by atoms with Gasteiger partial charge >= 0.3 is 23.9 Å². The molecule has 0 radical (unpaired) electrons. The highest BCUT2D eigenvalue weighted by Gasteiger charge is 2.08. The predicted molar refractivity (Wildman–Crippen MR) is 197 cm³/mol. The summed E-state index contributed by atoms with van der Waals surface area (Å²) in [4.78, 5) is 79.2. The molecule has 0 saturated heterocycles. The molecule has 0 amide bonds. The van der Waals surface area contributed by atoms with Crippen LogP contribution in [0.3, 0.4) is 0 Å². The number of aliphatic carboxylic acids is 4. The van der Waals surface area contributed by atoms with Crippen LogP contribution in [0.25, 0.3) is 0 Å². The Kier molecular flexibility index (Phi) is 39.8. The van der Waals surface area contributed by atoms with Gasteiger partial charge in [0, 0.05) is 51.6 Å². The largest absolute Gasteiger partial charge is 0.550 e. The zero-order valence-electron chi connectivity index (χ0n) is 36.8. The summed E-state index contributed by atoms with van der Waals surface area (Å²) in [7, 11) is 24.7. The molecule has 0 unspecified atom stereocenters. The maximum Gasteiger partial charge on any atom is 0.302 e. The Labute approximate surface area is 333 Å². The Balaban J connectivity index is -0.000000134. The van der Waals surface area contributed by atoms with E-state index >= 15 is 0 Å². The molecule has 0 saturated carbocycles. The van der Waals surface area contributed by atoms with Crippen molar-refractivity contribution in [3.8, 4) is 0 Å². The molecule has 0 atom stereocenters. The average molecular weight is 817 g/mol. The van der Waals surface area contributed by atoms with Crippen LogP contribution in [-0.2, 0) is 57.3 Å². The molecular weight excluding hydrogens is 744 g/mol. The second kappa shape index (κ2) is 35.0. The van der Waals surface area contributed by atoms with E-state index in [0.29, 0.717) is 26.4 Å². The van der Waals surface area contributed by atoms with Crippen molar-refractivity contribution in [1.29, 1.82) is 0 Å². The van der Waals surface area contributed by atoms with Crippen LogP contribution >= 0.6 is 0 Å². The predicted octanol–water partition coefficient (Wildman–Crippen LogP) is -4.44. The minimum Gasteiger partial charge on any atom is -0.550 e. The molecule has 0 bridgehead atoms. The number of ether oxygens (including phenoxy) is 4. The van der Waals surface area contributed by atoms with Gasteiger partial charge in [-0.1, -0.05) is 0 Å². The molecule has 0 aromatic rings. The van der Waals surface area contributed by atoms with Gasteiger partial charge in [0.25, 0.3) is 0 Å². The van der Waals surface area contributed by atoms with E-state index in [1.165, 1.54) is 27.7 Å². The van der Waals surface area contributed by atoms with E-state index in [1.807, 2.05) is 0 Å². The number of likely N-dealkylation sites (N-methyl/N-ethyl adjacent to an activating group) is 4. The number of carboxylic acids is 4. The van der Waals surface area contributed by atoms with E-state index in [0.717, 1.165) is 44.1 Å². The van der Waals surface area contributed by atoms with Crippen LogP contribution in [-0.4, -0.2) is 203 Å². The van der Waals surface area contributed by atoms with Gasteiger partial charge in [-0.05, 0) is 25.7 Å². The first-order valence-electron chi connectivity index (χ1n) is 17.5. The molecule has 20 heteroatoms. The van der Waals surface area contributed by atoms with Crippen LogP contribution in [0.4, 0.5) is 0 Å². The van der Waals surface area contributed by atoms with Gasteiger partial charge < -0.3 is 76.5 Å². The van der Waals surface area contributed by atoms with Crippen molar-refractivity contribution >= 4 is 47.8 Å². The Hall–Kier alpha value is -4.40. The van der Waals surface area contributed by atoms with Crippen molar-refractivity contribution in [2.24, 2.45) is 0 Å². The van der Waals surface area contributed by atoms with E-state index in [4.69, 9.17) is 18.9 Å². The SMILES string of the molecule is CC(=O)OCC[N+](C)(C)C.CC(=O)OCC[N+](C)(C)C.CC(=O)OCC[N+](C)(C)C.CC(=O)OCC[N+](C)(C)C.O=C([O-])CCC(=O)[O-].O=C([O-])CCC(=O)[O-]. The van der Waals surface area contributed by atoms with E-state index < -0.39 is 49.6 Å². The van der Waals surface area contributed by atoms with Crippen molar-refractivity contribution in [2.45, 2.75) is 53.4 Å². The van der Waals surface area contributed by atoms with Crippen LogP contribution in [0.5, 0.6) is 0 Å².